The van der Waals surface area contributed by atoms with Gasteiger partial charge in [0, 0.05) is 5.56 Å². The number of carbonyl (C=O) groups excluding carboxylic acids is 3. The third-order valence-electron chi connectivity index (χ3n) is 5.31. The van der Waals surface area contributed by atoms with Crippen LogP contribution in [0.15, 0.2) is 72.3 Å². The molecule has 0 saturated carbocycles. The molecule has 4 rings (SSSR count). The van der Waals surface area contributed by atoms with Crippen LogP contribution in [0.3, 0.4) is 0 Å². The lowest BCUT2D eigenvalue weighted by atomic mass is 10.1. The second-order valence-electron chi connectivity index (χ2n) is 7.60. The van der Waals surface area contributed by atoms with Gasteiger partial charge in [-0.25, -0.2) is 18.9 Å². The predicted octanol–water partition coefficient (Wildman–Crippen LogP) is 3.78. The van der Waals surface area contributed by atoms with Crippen LogP contribution >= 0.6 is 0 Å². The number of carbonyl (C=O) groups is 4. The number of benzene rings is 3. The summed E-state index contributed by atoms with van der Waals surface area (Å²) in [6.07, 6.45) is 1.28. The van der Waals surface area contributed by atoms with Crippen LogP contribution in [-0.2, 0) is 16.2 Å². The van der Waals surface area contributed by atoms with Crippen molar-refractivity contribution in [2.75, 3.05) is 12.0 Å². The van der Waals surface area contributed by atoms with Crippen LogP contribution in [0, 0.1) is 5.82 Å². The molecule has 36 heavy (non-hydrogen) atoms. The largest absolute Gasteiger partial charge is 0.493 e. The van der Waals surface area contributed by atoms with Crippen LogP contribution in [0.2, 0.25) is 0 Å². The Hall–Kier alpha value is -4.99. The molecule has 9 nitrogen and oxygen atoms in total. The molecule has 182 valence electrons. The number of aromatic carboxylic acids is 1. The van der Waals surface area contributed by atoms with Crippen molar-refractivity contribution in [2.24, 2.45) is 0 Å². The number of methoxy groups -OCH3 is 1. The molecule has 1 heterocycles. The first-order chi connectivity index (χ1) is 17.3. The Bertz CT molecular complexity index is 1400. The number of nitrogens with zero attached hydrogens (tertiary/aromatic N) is 1. The molecule has 0 aromatic heterocycles. The van der Waals surface area contributed by atoms with E-state index in [0.717, 1.165) is 4.90 Å². The molecule has 2 N–H and O–H groups in total. The number of nitrogens with one attached hydrogen (secondary N) is 1. The first kappa shape index (κ1) is 24.1. The molecule has 1 aliphatic heterocycles. The molecule has 0 spiro atoms. The Morgan fingerprint density at radius 3 is 2.42 bits per heavy atom. The lowest BCUT2D eigenvalue weighted by Crippen LogP contribution is -2.54. The number of rotatable bonds is 7. The van der Waals surface area contributed by atoms with E-state index in [-0.39, 0.29) is 29.2 Å². The number of hydrogen-bond donors (Lipinski definition) is 2. The van der Waals surface area contributed by atoms with Crippen molar-refractivity contribution >= 4 is 35.6 Å². The van der Waals surface area contributed by atoms with Gasteiger partial charge < -0.3 is 14.6 Å². The summed E-state index contributed by atoms with van der Waals surface area (Å²) < 4.78 is 24.9. The van der Waals surface area contributed by atoms with Crippen molar-refractivity contribution in [1.29, 1.82) is 0 Å². The summed E-state index contributed by atoms with van der Waals surface area (Å²) in [4.78, 5) is 49.7. The zero-order valence-electron chi connectivity index (χ0n) is 18.9. The first-order valence-corrected chi connectivity index (χ1v) is 10.6. The van der Waals surface area contributed by atoms with Crippen molar-refractivity contribution in [3.8, 4) is 11.5 Å². The minimum absolute atomic E-state index is 0.0279. The van der Waals surface area contributed by atoms with Gasteiger partial charge in [0.15, 0.2) is 11.5 Å². The summed E-state index contributed by atoms with van der Waals surface area (Å²) in [5, 5.41) is 11.1. The van der Waals surface area contributed by atoms with Gasteiger partial charge in [-0.3, -0.25) is 14.9 Å². The molecular formula is C26H19FN2O7. The molecule has 0 unspecified atom stereocenters. The topological polar surface area (TPSA) is 122 Å². The Labute approximate surface area is 204 Å². The van der Waals surface area contributed by atoms with Crippen LogP contribution in [0.5, 0.6) is 11.5 Å². The van der Waals surface area contributed by atoms with Crippen LogP contribution < -0.4 is 19.7 Å². The fraction of sp³-hybridized carbons (Fsp3) is 0.0769. The Morgan fingerprint density at radius 2 is 1.75 bits per heavy atom. The molecular weight excluding hydrogens is 471 g/mol. The van der Waals surface area contributed by atoms with E-state index in [1.807, 2.05) is 0 Å². The molecule has 3 aromatic carbocycles. The maximum absolute atomic E-state index is 13.9. The van der Waals surface area contributed by atoms with Crippen molar-refractivity contribution in [3.05, 3.63) is 94.8 Å². The molecule has 4 amide bonds. The van der Waals surface area contributed by atoms with Crippen molar-refractivity contribution < 1.29 is 38.1 Å². The first-order valence-electron chi connectivity index (χ1n) is 10.6. The van der Waals surface area contributed by atoms with Crippen LogP contribution in [0.4, 0.5) is 14.9 Å². The minimum Gasteiger partial charge on any atom is -0.493 e. The van der Waals surface area contributed by atoms with E-state index >= 15 is 0 Å². The van der Waals surface area contributed by atoms with Crippen LogP contribution in [-0.4, -0.2) is 36.0 Å². The van der Waals surface area contributed by atoms with E-state index in [1.165, 1.54) is 49.6 Å². The van der Waals surface area contributed by atoms with E-state index in [0.29, 0.717) is 16.9 Å². The predicted molar refractivity (Wildman–Crippen MR) is 126 cm³/mol. The summed E-state index contributed by atoms with van der Waals surface area (Å²) in [7, 11) is 1.40. The minimum atomic E-state index is -1.16. The number of anilines is 1. The van der Waals surface area contributed by atoms with Crippen molar-refractivity contribution in [2.45, 2.75) is 6.61 Å². The zero-order valence-corrected chi connectivity index (χ0v) is 18.9. The third kappa shape index (κ3) is 4.92. The second-order valence-corrected chi connectivity index (χ2v) is 7.60. The highest BCUT2D eigenvalue weighted by molar-refractivity contribution is 6.39. The number of hydrogen-bond acceptors (Lipinski definition) is 6. The normalized spacial score (nSPS) is 14.6. The third-order valence-corrected chi connectivity index (χ3v) is 5.31. The Morgan fingerprint density at radius 1 is 1.03 bits per heavy atom. The lowest BCUT2D eigenvalue weighted by Gasteiger charge is -2.26. The maximum Gasteiger partial charge on any atom is 0.335 e. The molecule has 10 heteroatoms. The quantitative estimate of drug-likeness (QED) is 0.382. The van der Waals surface area contributed by atoms with Crippen LogP contribution in [0.25, 0.3) is 6.08 Å². The maximum atomic E-state index is 13.9. The number of carboxylic acid groups (broad SMARTS) is 1. The summed E-state index contributed by atoms with van der Waals surface area (Å²) in [6.45, 7) is -0.0396. The number of halogens is 1. The fourth-order valence-corrected chi connectivity index (χ4v) is 3.48. The highest BCUT2D eigenvalue weighted by atomic mass is 19.1. The number of carboxylic acids is 1. The van der Waals surface area contributed by atoms with Gasteiger partial charge in [0.25, 0.3) is 11.8 Å². The SMILES string of the molecule is COc1cc(/C=C2\C(=O)NC(=O)N(c3ccc(C(=O)O)cc3)C2=O)ccc1OCc1ccccc1F. The summed E-state index contributed by atoms with van der Waals surface area (Å²) in [5.74, 6) is -2.74. The standard InChI is InChI=1S/C26H19FN2O7/c1-35-22-13-15(6-11-21(22)36-14-17-4-2-3-5-20(17)27)12-19-23(30)28-26(34)29(24(19)31)18-9-7-16(8-10-18)25(32)33/h2-13H,14H2,1H3,(H,32,33)(H,28,30,34)/b19-12+. The Kier molecular flexibility index (Phi) is 6.77. The number of imide groups is 2. The molecule has 0 radical (unpaired) electrons. The van der Waals surface area contributed by atoms with E-state index < -0.39 is 29.6 Å². The van der Waals surface area contributed by atoms with Gasteiger partial charge in [0.05, 0.1) is 18.4 Å². The zero-order chi connectivity index (χ0) is 25.8. The summed E-state index contributed by atoms with van der Waals surface area (Å²) >= 11 is 0. The van der Waals surface area contributed by atoms with E-state index in [2.05, 4.69) is 5.32 Å². The second kappa shape index (κ2) is 10.1. The summed E-state index contributed by atoms with van der Waals surface area (Å²) in [6, 6.07) is 14.9. The fourth-order valence-electron chi connectivity index (χ4n) is 3.48. The van der Waals surface area contributed by atoms with Crippen molar-refractivity contribution in [3.63, 3.8) is 0 Å². The molecule has 0 bridgehead atoms. The van der Waals surface area contributed by atoms with Gasteiger partial charge in [-0.2, -0.15) is 0 Å². The molecule has 1 fully saturated rings. The van der Waals surface area contributed by atoms with Gasteiger partial charge in [0.1, 0.15) is 18.0 Å². The van der Waals surface area contributed by atoms with Gasteiger partial charge in [-0.1, -0.05) is 24.3 Å². The Balaban J connectivity index is 1.59. The van der Waals surface area contributed by atoms with E-state index in [1.54, 1.807) is 30.3 Å². The average Bonchev–Trinajstić information content (AvgIpc) is 2.86. The molecule has 0 atom stereocenters. The van der Waals surface area contributed by atoms with Gasteiger partial charge in [-0.15, -0.1) is 0 Å². The average molecular weight is 490 g/mol. The molecule has 0 aliphatic carbocycles. The number of amides is 4. The number of urea groups is 1. The number of ether oxygens (including phenoxy) is 2. The highest BCUT2D eigenvalue weighted by Gasteiger charge is 2.36. The van der Waals surface area contributed by atoms with E-state index in [9.17, 15) is 23.6 Å². The monoisotopic (exact) mass is 490 g/mol. The van der Waals surface area contributed by atoms with Crippen LogP contribution in [0.1, 0.15) is 21.5 Å². The summed E-state index contributed by atoms with van der Waals surface area (Å²) in [5.41, 5.74) is 0.504. The molecule has 1 saturated heterocycles. The molecule has 1 aliphatic rings. The number of barbiturate groups is 1. The smallest absolute Gasteiger partial charge is 0.335 e. The van der Waals surface area contributed by atoms with Gasteiger partial charge >= 0.3 is 12.0 Å². The highest BCUT2D eigenvalue weighted by Crippen LogP contribution is 2.31. The van der Waals surface area contributed by atoms with Crippen molar-refractivity contribution in [1.82, 2.24) is 5.32 Å². The van der Waals surface area contributed by atoms with E-state index in [4.69, 9.17) is 14.6 Å². The van der Waals surface area contributed by atoms with Gasteiger partial charge in [-0.05, 0) is 54.1 Å². The molecule has 3 aromatic rings. The lowest BCUT2D eigenvalue weighted by molar-refractivity contribution is -0.122. The van der Waals surface area contributed by atoms with Gasteiger partial charge in [0.2, 0.25) is 0 Å².